The lowest BCUT2D eigenvalue weighted by Gasteiger charge is -2.08. The molecule has 4 rings (SSSR count). The van der Waals surface area contributed by atoms with Gasteiger partial charge >= 0.3 is 23.9 Å². The Morgan fingerprint density at radius 3 is 1.31 bits per heavy atom. The Labute approximate surface area is 349 Å². The fraction of sp³-hybridized carbons (Fsp3) is 0.200. The van der Waals surface area contributed by atoms with Crippen molar-refractivity contribution in [1.29, 1.82) is 0 Å². The average molecular weight is 1040 g/mol. The van der Waals surface area contributed by atoms with Gasteiger partial charge in [-0.05, 0) is 103 Å². The minimum atomic E-state index is -1.31. The second-order valence-corrected chi connectivity index (χ2v) is 13.9. The highest BCUT2D eigenvalue weighted by Gasteiger charge is 2.20. The monoisotopic (exact) mass is 1040 g/mol. The molecule has 0 unspecified atom stereocenters. The van der Waals surface area contributed by atoms with Crippen molar-refractivity contribution in [1.82, 2.24) is 0 Å². The summed E-state index contributed by atoms with van der Waals surface area (Å²) in [6.45, 7) is 6.02. The molecule has 0 radical (unpaired) electrons. The van der Waals surface area contributed by atoms with Crippen LogP contribution < -0.4 is 11.5 Å². The zero-order chi connectivity index (χ0) is 41.9. The van der Waals surface area contributed by atoms with Gasteiger partial charge < -0.3 is 30.8 Å². The molecule has 0 aliphatic carbocycles. The van der Waals surface area contributed by atoms with Crippen molar-refractivity contribution in [3.8, 4) is 0 Å². The van der Waals surface area contributed by atoms with Crippen LogP contribution in [0.25, 0.3) is 0 Å². The van der Waals surface area contributed by atoms with Gasteiger partial charge in [0, 0.05) is 35.1 Å². The van der Waals surface area contributed by atoms with E-state index in [1.807, 2.05) is 45.2 Å². The lowest BCUT2D eigenvalue weighted by Crippen LogP contribution is -2.07. The molecular formula is C35H31Cl3F4I2N2O8. The van der Waals surface area contributed by atoms with Crippen molar-refractivity contribution in [3.05, 3.63) is 120 Å². The van der Waals surface area contributed by atoms with Gasteiger partial charge in [-0.15, -0.1) is 0 Å². The van der Waals surface area contributed by atoms with Crippen LogP contribution in [0.1, 0.15) is 63.7 Å². The molecule has 0 saturated carbocycles. The minimum Gasteiger partial charge on any atom is -0.478 e. The van der Waals surface area contributed by atoms with Crippen molar-refractivity contribution >= 4 is 115 Å². The summed E-state index contributed by atoms with van der Waals surface area (Å²) >= 11 is 21.0. The van der Waals surface area contributed by atoms with Crippen molar-refractivity contribution < 1.29 is 56.1 Å². The molecule has 0 aliphatic rings. The number of aromatic carboxylic acids is 1. The molecule has 0 aliphatic heterocycles. The number of hydrogen-bond donors (Lipinski definition) is 3. The van der Waals surface area contributed by atoms with Crippen LogP contribution in [0, 0.1) is 58.1 Å². The summed E-state index contributed by atoms with van der Waals surface area (Å²) in [4.78, 5) is 43.7. The normalized spacial score (nSPS) is 10.0. The second-order valence-electron chi connectivity index (χ2n) is 10.5. The molecule has 10 nitrogen and oxygen atoms in total. The van der Waals surface area contributed by atoms with Crippen LogP contribution >= 0.6 is 80.0 Å². The van der Waals surface area contributed by atoms with Gasteiger partial charge in [0.1, 0.15) is 23.3 Å². The molecular weight excluding hydrogens is 1010 g/mol. The van der Waals surface area contributed by atoms with Crippen molar-refractivity contribution in [3.63, 3.8) is 0 Å². The number of nitrogens with two attached hydrogens (primary N) is 2. The number of nitrogen functional groups attached to an aromatic ring is 2. The number of carboxylic acid groups (broad SMARTS) is 1. The fourth-order valence-corrected chi connectivity index (χ4v) is 5.41. The van der Waals surface area contributed by atoms with Crippen LogP contribution in [0.4, 0.5) is 28.9 Å². The Morgan fingerprint density at radius 1 is 0.574 bits per heavy atom. The van der Waals surface area contributed by atoms with Gasteiger partial charge in [0.2, 0.25) is 0 Å². The van der Waals surface area contributed by atoms with Gasteiger partial charge in [0.15, 0.2) is 0 Å². The van der Waals surface area contributed by atoms with Crippen molar-refractivity contribution in [2.45, 2.75) is 27.7 Å². The van der Waals surface area contributed by atoms with Crippen LogP contribution in [-0.2, 0) is 14.2 Å². The molecule has 19 heteroatoms. The smallest absolute Gasteiger partial charge is 0.340 e. The number of methoxy groups -OCH3 is 3. The van der Waals surface area contributed by atoms with E-state index in [0.717, 1.165) is 12.1 Å². The summed E-state index contributed by atoms with van der Waals surface area (Å²) in [5.74, 6) is -6.10. The average Bonchev–Trinajstić information content (AvgIpc) is 3.15. The number of ether oxygens (including phenoxy) is 3. The van der Waals surface area contributed by atoms with E-state index in [-0.39, 0.29) is 54.7 Å². The Bertz CT molecular complexity index is 2030. The van der Waals surface area contributed by atoms with Crippen LogP contribution in [-0.4, -0.2) is 50.3 Å². The first-order valence-electron chi connectivity index (χ1n) is 14.5. The number of benzene rings is 4. The van der Waals surface area contributed by atoms with Crippen molar-refractivity contribution in [2.24, 2.45) is 0 Å². The molecule has 0 aromatic heterocycles. The molecule has 0 amide bonds. The highest BCUT2D eigenvalue weighted by Crippen LogP contribution is 2.29. The van der Waals surface area contributed by atoms with E-state index in [9.17, 15) is 36.7 Å². The van der Waals surface area contributed by atoms with Gasteiger partial charge in [-0.25, -0.2) is 36.7 Å². The number of halogens is 9. The highest BCUT2D eigenvalue weighted by molar-refractivity contribution is 14.1. The summed E-state index contributed by atoms with van der Waals surface area (Å²) in [6.07, 6.45) is 0. The molecule has 0 heterocycles. The summed E-state index contributed by atoms with van der Waals surface area (Å²) in [5, 5.41) is 9.36. The first-order valence-corrected chi connectivity index (χ1v) is 17.8. The largest absolute Gasteiger partial charge is 0.478 e. The van der Waals surface area contributed by atoms with Crippen LogP contribution in [0.3, 0.4) is 0 Å². The molecule has 5 N–H and O–H groups in total. The Kier molecular flexibility index (Phi) is 19.3. The van der Waals surface area contributed by atoms with Gasteiger partial charge in [-0.2, -0.15) is 0 Å². The maximum atomic E-state index is 13.5. The van der Waals surface area contributed by atoms with E-state index < -0.39 is 47.1 Å². The van der Waals surface area contributed by atoms with Crippen molar-refractivity contribution in [2.75, 3.05) is 32.8 Å². The van der Waals surface area contributed by atoms with Gasteiger partial charge in [-0.3, -0.25) is 0 Å². The van der Waals surface area contributed by atoms with Gasteiger partial charge in [-0.1, -0.05) is 34.8 Å². The summed E-state index contributed by atoms with van der Waals surface area (Å²) in [5.41, 5.74) is 11.6. The highest BCUT2D eigenvalue weighted by atomic mass is 127. The maximum absolute atomic E-state index is 13.5. The zero-order valence-corrected chi connectivity index (χ0v) is 35.8. The zero-order valence-electron chi connectivity index (χ0n) is 29.2. The van der Waals surface area contributed by atoms with Gasteiger partial charge in [0.25, 0.3) is 0 Å². The molecule has 54 heavy (non-hydrogen) atoms. The fourth-order valence-electron chi connectivity index (χ4n) is 3.87. The van der Waals surface area contributed by atoms with E-state index in [1.54, 1.807) is 6.92 Å². The van der Waals surface area contributed by atoms with E-state index in [1.165, 1.54) is 60.3 Å². The van der Waals surface area contributed by atoms with E-state index in [2.05, 4.69) is 14.2 Å². The number of esters is 3. The topological polar surface area (TPSA) is 168 Å². The summed E-state index contributed by atoms with van der Waals surface area (Å²) in [7, 11) is 3.57. The predicted octanol–water partition coefficient (Wildman–Crippen LogP) is 9.93. The Hall–Kier alpha value is -3.59. The molecule has 0 spiro atoms. The number of hydrogen-bond acceptors (Lipinski definition) is 9. The van der Waals surface area contributed by atoms with Crippen LogP contribution in [0.2, 0.25) is 15.1 Å². The van der Waals surface area contributed by atoms with Crippen LogP contribution in [0.5, 0.6) is 0 Å². The second kappa shape index (κ2) is 21.5. The molecule has 0 fully saturated rings. The quantitative estimate of drug-likeness (QED) is 0.0447. The number of anilines is 2. The predicted molar refractivity (Wildman–Crippen MR) is 215 cm³/mol. The Morgan fingerprint density at radius 2 is 0.907 bits per heavy atom. The molecule has 0 atom stereocenters. The number of carboxylic acids is 1. The molecule has 0 saturated heterocycles. The first-order chi connectivity index (χ1) is 25.0. The summed E-state index contributed by atoms with van der Waals surface area (Å²) < 4.78 is 67.9. The summed E-state index contributed by atoms with van der Waals surface area (Å²) in [6, 6.07) is 6.34. The third-order valence-electron chi connectivity index (χ3n) is 7.12. The standard InChI is InChI=1S/C9H7ClFIO2.C9H9ClFNO2.C9H10FNO2.C8H5ClFIO2/c2*1-4-7(11)5(9(13)14-2)3-6(10)8(4)12;1-5-7(11)4-3-6(8(5)10)9(12)13-2;1-3-6(10)4(8(12)13)2-5(9)7(3)11/h3H,1-2H3;3H,12H2,1-2H3;3-4H,11H2,1-2H3;2H,1H3,(H,12,13). The number of rotatable bonds is 4. The lowest BCUT2D eigenvalue weighted by molar-refractivity contribution is 0.0586. The Balaban J connectivity index is 0.000000360. The van der Waals surface area contributed by atoms with E-state index >= 15 is 0 Å². The molecule has 4 aromatic rings. The van der Waals surface area contributed by atoms with E-state index in [0.29, 0.717) is 23.4 Å². The van der Waals surface area contributed by atoms with Gasteiger partial charge in [0.05, 0.1) is 64.3 Å². The molecule has 292 valence electrons. The third-order valence-corrected chi connectivity index (χ3v) is 11.5. The number of carbonyl (C=O) groups is 4. The lowest BCUT2D eigenvalue weighted by atomic mass is 10.1. The maximum Gasteiger partial charge on any atom is 0.340 e. The van der Waals surface area contributed by atoms with E-state index in [4.69, 9.17) is 51.4 Å². The third kappa shape index (κ3) is 12.0. The molecule has 4 aromatic carbocycles. The minimum absolute atomic E-state index is 0.0887. The first kappa shape index (κ1) is 48.4. The van der Waals surface area contributed by atoms with Crippen LogP contribution in [0.15, 0.2) is 30.3 Å². The molecule has 0 bridgehead atoms. The SMILES string of the molecule is COC(=O)c1cc(Cl)c(I)c(C)c1F.COC(=O)c1cc(Cl)c(N)c(C)c1F.COC(=O)c1ccc(N)c(C)c1F.Cc1c(F)c(C(=O)O)cc(Cl)c1I. The number of carbonyl (C=O) groups excluding carboxylic acids is 3.